The highest BCUT2D eigenvalue weighted by Gasteiger charge is 2.19. The molecule has 0 aromatic heterocycles. The summed E-state index contributed by atoms with van der Waals surface area (Å²) in [4.78, 5) is 12.0. The normalized spacial score (nSPS) is 12.9. The maximum atomic E-state index is 12.0. The van der Waals surface area contributed by atoms with Gasteiger partial charge in [0, 0.05) is 15.7 Å². The van der Waals surface area contributed by atoms with Gasteiger partial charge in [-0.1, -0.05) is 22.9 Å². The molecule has 1 atom stereocenters. The Morgan fingerprint density at radius 1 is 1.37 bits per heavy atom. The Labute approximate surface area is 124 Å². The number of nitrogens with one attached hydrogen (secondary N) is 2. The third-order valence-electron chi connectivity index (χ3n) is 2.71. The number of carbonyl (C=O) groups is 1. The van der Waals surface area contributed by atoms with Crippen LogP contribution < -0.4 is 10.6 Å². The zero-order chi connectivity index (χ0) is 14.6. The summed E-state index contributed by atoms with van der Waals surface area (Å²) in [5.41, 5.74) is 2.01. The van der Waals surface area contributed by atoms with E-state index in [9.17, 15) is 4.79 Å². The van der Waals surface area contributed by atoms with Crippen molar-refractivity contribution < 1.29 is 4.79 Å². The molecule has 0 bridgehead atoms. The molecular formula is C15H23BrN2O. The van der Waals surface area contributed by atoms with Crippen molar-refractivity contribution in [3.05, 3.63) is 28.2 Å². The first-order valence-corrected chi connectivity index (χ1v) is 7.39. The fourth-order valence-electron chi connectivity index (χ4n) is 1.77. The van der Waals surface area contributed by atoms with E-state index >= 15 is 0 Å². The van der Waals surface area contributed by atoms with Gasteiger partial charge in [-0.3, -0.25) is 4.79 Å². The smallest absolute Gasteiger partial charge is 0.242 e. The Morgan fingerprint density at radius 2 is 2.00 bits per heavy atom. The molecule has 0 saturated heterocycles. The summed E-state index contributed by atoms with van der Waals surface area (Å²) < 4.78 is 1.06. The molecule has 1 amide bonds. The molecule has 1 rings (SSSR count). The van der Waals surface area contributed by atoms with Crippen molar-refractivity contribution >= 4 is 27.5 Å². The van der Waals surface area contributed by atoms with Crippen LogP contribution in [-0.2, 0) is 11.2 Å². The van der Waals surface area contributed by atoms with Crippen molar-refractivity contribution in [1.29, 1.82) is 0 Å². The molecule has 0 radical (unpaired) electrons. The first kappa shape index (κ1) is 16.0. The van der Waals surface area contributed by atoms with Gasteiger partial charge in [-0.15, -0.1) is 0 Å². The molecule has 2 N–H and O–H groups in total. The summed E-state index contributed by atoms with van der Waals surface area (Å²) in [5, 5.41) is 6.26. The van der Waals surface area contributed by atoms with Crippen molar-refractivity contribution in [2.24, 2.45) is 0 Å². The molecule has 0 aliphatic heterocycles. The molecule has 0 fully saturated rings. The van der Waals surface area contributed by atoms with E-state index in [-0.39, 0.29) is 17.5 Å². The number of rotatable bonds is 4. The van der Waals surface area contributed by atoms with E-state index in [2.05, 4.69) is 39.6 Å². The maximum Gasteiger partial charge on any atom is 0.242 e. The summed E-state index contributed by atoms with van der Waals surface area (Å²) in [6.45, 7) is 9.92. The lowest BCUT2D eigenvalue weighted by Gasteiger charge is -2.24. The van der Waals surface area contributed by atoms with Gasteiger partial charge in [0.05, 0.1) is 0 Å². The van der Waals surface area contributed by atoms with E-state index in [0.29, 0.717) is 0 Å². The van der Waals surface area contributed by atoms with E-state index < -0.39 is 0 Å². The number of anilines is 1. The molecule has 1 unspecified atom stereocenters. The number of hydrogen-bond donors (Lipinski definition) is 2. The summed E-state index contributed by atoms with van der Waals surface area (Å²) in [7, 11) is 0. The van der Waals surface area contributed by atoms with Crippen molar-refractivity contribution in [3.8, 4) is 0 Å². The Bertz CT molecular complexity index is 452. The van der Waals surface area contributed by atoms with Crippen LogP contribution in [0.1, 0.15) is 40.2 Å². The van der Waals surface area contributed by atoms with Crippen molar-refractivity contribution in [2.75, 3.05) is 5.32 Å². The highest BCUT2D eigenvalue weighted by atomic mass is 79.9. The molecule has 0 aliphatic rings. The van der Waals surface area contributed by atoms with Crippen molar-refractivity contribution in [3.63, 3.8) is 0 Å². The molecule has 4 heteroatoms. The molecule has 0 aliphatic carbocycles. The Hall–Kier alpha value is -1.03. The Morgan fingerprint density at radius 3 is 2.53 bits per heavy atom. The average molecular weight is 327 g/mol. The topological polar surface area (TPSA) is 41.1 Å². The molecular weight excluding hydrogens is 304 g/mol. The number of aryl methyl sites for hydroxylation is 1. The zero-order valence-corrected chi connectivity index (χ0v) is 13.9. The van der Waals surface area contributed by atoms with Crippen molar-refractivity contribution in [2.45, 2.75) is 52.6 Å². The van der Waals surface area contributed by atoms with Gasteiger partial charge in [-0.2, -0.15) is 0 Å². The third kappa shape index (κ3) is 5.23. The van der Waals surface area contributed by atoms with Gasteiger partial charge in [-0.05, 0) is 57.9 Å². The molecule has 3 nitrogen and oxygen atoms in total. The first-order chi connectivity index (χ1) is 8.73. The molecule has 0 spiro atoms. The minimum Gasteiger partial charge on any atom is -0.374 e. The lowest BCUT2D eigenvalue weighted by Crippen LogP contribution is -2.47. The SMILES string of the molecule is CCc1cc(Br)ccc1NC(C)C(=O)NC(C)(C)C. The Balaban J connectivity index is 2.76. The number of benzene rings is 1. The number of amides is 1. The van der Waals surface area contributed by atoms with E-state index in [0.717, 1.165) is 16.6 Å². The van der Waals surface area contributed by atoms with Crippen LogP contribution in [-0.4, -0.2) is 17.5 Å². The zero-order valence-electron chi connectivity index (χ0n) is 12.3. The van der Waals surface area contributed by atoms with Crippen LogP contribution in [0.2, 0.25) is 0 Å². The minimum absolute atomic E-state index is 0.0115. The van der Waals surface area contributed by atoms with Gasteiger partial charge in [0.15, 0.2) is 0 Å². The molecule has 1 aromatic carbocycles. The number of carbonyl (C=O) groups excluding carboxylic acids is 1. The minimum atomic E-state index is -0.259. The monoisotopic (exact) mass is 326 g/mol. The van der Waals surface area contributed by atoms with Crippen LogP contribution in [0.5, 0.6) is 0 Å². The molecule has 0 saturated carbocycles. The van der Waals surface area contributed by atoms with Crippen LogP contribution in [0.25, 0.3) is 0 Å². The Kier molecular flexibility index (Phi) is 5.41. The van der Waals surface area contributed by atoms with E-state index in [1.165, 1.54) is 5.56 Å². The summed E-state index contributed by atoms with van der Waals surface area (Å²) in [6.07, 6.45) is 0.926. The molecule has 1 aromatic rings. The van der Waals surface area contributed by atoms with Crippen LogP contribution in [0.4, 0.5) is 5.69 Å². The quantitative estimate of drug-likeness (QED) is 0.885. The first-order valence-electron chi connectivity index (χ1n) is 6.60. The number of halogens is 1. The molecule has 19 heavy (non-hydrogen) atoms. The van der Waals surface area contributed by atoms with E-state index in [4.69, 9.17) is 0 Å². The highest BCUT2D eigenvalue weighted by molar-refractivity contribution is 9.10. The third-order valence-corrected chi connectivity index (χ3v) is 3.20. The van der Waals surface area contributed by atoms with Crippen LogP contribution in [0.15, 0.2) is 22.7 Å². The van der Waals surface area contributed by atoms with Gasteiger partial charge in [-0.25, -0.2) is 0 Å². The highest BCUT2D eigenvalue weighted by Crippen LogP contribution is 2.22. The fourth-order valence-corrected chi connectivity index (χ4v) is 2.18. The van der Waals surface area contributed by atoms with Gasteiger partial charge in [0.1, 0.15) is 6.04 Å². The van der Waals surface area contributed by atoms with Crippen molar-refractivity contribution in [1.82, 2.24) is 5.32 Å². The maximum absolute atomic E-state index is 12.0. The second-order valence-electron chi connectivity index (χ2n) is 5.76. The average Bonchev–Trinajstić information content (AvgIpc) is 2.29. The predicted octanol–water partition coefficient (Wildman–Crippen LogP) is 3.73. The summed E-state index contributed by atoms with van der Waals surface area (Å²) >= 11 is 3.46. The molecule has 106 valence electrons. The van der Waals surface area contributed by atoms with E-state index in [1.807, 2.05) is 39.8 Å². The van der Waals surface area contributed by atoms with Crippen LogP contribution in [0.3, 0.4) is 0 Å². The number of hydrogen-bond acceptors (Lipinski definition) is 2. The summed E-state index contributed by atoms with van der Waals surface area (Å²) in [5.74, 6) is 0.0115. The fraction of sp³-hybridized carbons (Fsp3) is 0.533. The standard InChI is InChI=1S/C15H23BrN2O/c1-6-11-9-12(16)7-8-13(11)17-10(2)14(19)18-15(3,4)5/h7-10,17H,6H2,1-5H3,(H,18,19). The van der Waals surface area contributed by atoms with Crippen LogP contribution >= 0.6 is 15.9 Å². The summed E-state index contributed by atoms with van der Waals surface area (Å²) in [6, 6.07) is 5.81. The predicted molar refractivity (Wildman–Crippen MR) is 84.5 cm³/mol. The second-order valence-corrected chi connectivity index (χ2v) is 6.68. The van der Waals surface area contributed by atoms with Gasteiger partial charge in [0.25, 0.3) is 0 Å². The molecule has 0 heterocycles. The van der Waals surface area contributed by atoms with Gasteiger partial charge in [0.2, 0.25) is 5.91 Å². The second kappa shape index (κ2) is 6.42. The van der Waals surface area contributed by atoms with Gasteiger partial charge < -0.3 is 10.6 Å². The largest absolute Gasteiger partial charge is 0.374 e. The lowest BCUT2D eigenvalue weighted by atomic mass is 10.1. The van der Waals surface area contributed by atoms with E-state index in [1.54, 1.807) is 0 Å². The lowest BCUT2D eigenvalue weighted by molar-refractivity contribution is -0.122. The van der Waals surface area contributed by atoms with Gasteiger partial charge >= 0.3 is 0 Å². The van der Waals surface area contributed by atoms with Crippen LogP contribution in [0, 0.1) is 0 Å².